The van der Waals surface area contributed by atoms with Gasteiger partial charge in [-0.25, -0.2) is 0 Å². The van der Waals surface area contributed by atoms with Crippen molar-refractivity contribution in [1.29, 1.82) is 0 Å². The van der Waals surface area contributed by atoms with Gasteiger partial charge in [-0.1, -0.05) is 66.7 Å². The lowest BCUT2D eigenvalue weighted by Crippen LogP contribution is -1.86. The van der Waals surface area contributed by atoms with Crippen LogP contribution in [-0.4, -0.2) is 0 Å². The molecule has 0 saturated carbocycles. The molecule has 2 radical (unpaired) electrons. The van der Waals surface area contributed by atoms with Crippen LogP contribution in [0.4, 0.5) is 0 Å². The second kappa shape index (κ2) is 3.95. The normalized spacial score (nSPS) is 12.6. The lowest BCUT2D eigenvalue weighted by atomic mass is 9.92. The smallest absolute Gasteiger partial charge is 0.0218 e. The fourth-order valence-corrected chi connectivity index (χ4v) is 3.53. The molecule has 4 aromatic carbocycles. The van der Waals surface area contributed by atoms with Gasteiger partial charge in [-0.15, -0.1) is 0 Å². The Balaban J connectivity index is 2.08. The number of hydrogen-bond donors (Lipinski definition) is 0. The van der Waals surface area contributed by atoms with Gasteiger partial charge in [-0.2, -0.15) is 0 Å². The van der Waals surface area contributed by atoms with Gasteiger partial charge in [-0.05, 0) is 49.9 Å². The predicted molar refractivity (Wildman–Crippen MR) is 88.2 cm³/mol. The zero-order chi connectivity index (χ0) is 13.8. The van der Waals surface area contributed by atoms with E-state index in [1.54, 1.807) is 0 Å². The number of benzene rings is 4. The molecule has 0 saturated heterocycles. The maximum absolute atomic E-state index is 3.43. The standard InChI is InChI=1S/C21H12/c1-2-8-15-14(7-1)13-20-18-11-4-3-9-16(18)17-10-5-6-12-19(17)21(15)20/h1-7,9-13H. The SMILES string of the molecule is [c]1cccc2c1-c1c(c3ccccc3c3ccccc13)[CH]2. The van der Waals surface area contributed by atoms with E-state index in [0.29, 0.717) is 0 Å². The third-order valence-corrected chi connectivity index (χ3v) is 4.41. The van der Waals surface area contributed by atoms with E-state index in [4.69, 9.17) is 0 Å². The molecule has 0 unspecified atom stereocenters. The molecular weight excluding hydrogens is 252 g/mol. The molecule has 0 fully saturated rings. The molecule has 0 aromatic heterocycles. The number of fused-ring (bicyclic) bond motifs is 8. The maximum atomic E-state index is 3.43. The molecule has 1 aliphatic rings. The van der Waals surface area contributed by atoms with E-state index in [1.165, 1.54) is 43.8 Å². The Bertz CT molecular complexity index is 1010. The number of rotatable bonds is 0. The minimum Gasteiger partial charge on any atom is -0.0616 e. The lowest BCUT2D eigenvalue weighted by Gasteiger charge is -2.11. The average Bonchev–Trinajstić information content (AvgIpc) is 2.95. The Morgan fingerprint density at radius 2 is 1.29 bits per heavy atom. The van der Waals surface area contributed by atoms with Crippen LogP contribution in [0.25, 0.3) is 32.7 Å². The lowest BCUT2D eigenvalue weighted by molar-refractivity contribution is 1.56. The molecule has 0 heterocycles. The highest BCUT2D eigenvalue weighted by Gasteiger charge is 2.23. The summed E-state index contributed by atoms with van der Waals surface area (Å²) in [5.74, 6) is 0. The van der Waals surface area contributed by atoms with Gasteiger partial charge in [0.1, 0.15) is 0 Å². The molecule has 0 heteroatoms. The van der Waals surface area contributed by atoms with Gasteiger partial charge in [0.05, 0.1) is 0 Å². The second-order valence-electron chi connectivity index (χ2n) is 5.52. The van der Waals surface area contributed by atoms with Crippen molar-refractivity contribution in [2.45, 2.75) is 0 Å². The van der Waals surface area contributed by atoms with Crippen LogP contribution in [0.15, 0.2) is 66.7 Å². The molecule has 96 valence electrons. The summed E-state index contributed by atoms with van der Waals surface area (Å²) in [4.78, 5) is 0. The molecule has 0 N–H and O–H groups in total. The summed E-state index contributed by atoms with van der Waals surface area (Å²) < 4.78 is 0. The van der Waals surface area contributed by atoms with Crippen LogP contribution in [0.2, 0.25) is 0 Å². The first kappa shape index (κ1) is 11.1. The molecule has 0 atom stereocenters. The Hall–Kier alpha value is -2.60. The van der Waals surface area contributed by atoms with Crippen molar-refractivity contribution in [3.05, 3.63) is 90.3 Å². The molecule has 0 spiro atoms. The van der Waals surface area contributed by atoms with Crippen LogP contribution in [-0.2, 0) is 0 Å². The summed E-state index contributed by atoms with van der Waals surface area (Å²) in [6, 6.07) is 27.1. The molecule has 0 aliphatic heterocycles. The monoisotopic (exact) mass is 264 g/mol. The van der Waals surface area contributed by atoms with Crippen LogP contribution in [0.3, 0.4) is 0 Å². The van der Waals surface area contributed by atoms with E-state index >= 15 is 0 Å². The van der Waals surface area contributed by atoms with Crippen LogP contribution in [0.5, 0.6) is 0 Å². The van der Waals surface area contributed by atoms with Crippen LogP contribution < -0.4 is 0 Å². The van der Waals surface area contributed by atoms with Gasteiger partial charge < -0.3 is 0 Å². The van der Waals surface area contributed by atoms with Gasteiger partial charge in [0.25, 0.3) is 0 Å². The summed E-state index contributed by atoms with van der Waals surface area (Å²) in [6.45, 7) is 0. The van der Waals surface area contributed by atoms with E-state index in [0.717, 1.165) is 0 Å². The zero-order valence-corrected chi connectivity index (χ0v) is 11.4. The van der Waals surface area contributed by atoms with Gasteiger partial charge in [0.15, 0.2) is 0 Å². The Kier molecular flexibility index (Phi) is 2.09. The van der Waals surface area contributed by atoms with E-state index < -0.39 is 0 Å². The summed E-state index contributed by atoms with van der Waals surface area (Å²) in [5.41, 5.74) is 5.17. The predicted octanol–water partition coefficient (Wildman–Crippen LogP) is 5.37. The quantitative estimate of drug-likeness (QED) is 0.330. The van der Waals surface area contributed by atoms with Crippen LogP contribution in [0.1, 0.15) is 11.1 Å². The van der Waals surface area contributed by atoms with Crippen molar-refractivity contribution in [2.24, 2.45) is 0 Å². The molecule has 1 aliphatic carbocycles. The molecule has 0 nitrogen and oxygen atoms in total. The highest BCUT2D eigenvalue weighted by atomic mass is 14.3. The van der Waals surface area contributed by atoms with E-state index in [2.05, 4.69) is 73.2 Å². The van der Waals surface area contributed by atoms with E-state index in [1.807, 2.05) is 6.07 Å². The molecule has 4 aromatic rings. The van der Waals surface area contributed by atoms with Crippen molar-refractivity contribution in [1.82, 2.24) is 0 Å². The van der Waals surface area contributed by atoms with Gasteiger partial charge >= 0.3 is 0 Å². The minimum absolute atomic E-state index is 1.23. The Labute approximate surface area is 123 Å². The molecular formula is C21H12. The fourth-order valence-electron chi connectivity index (χ4n) is 3.53. The summed E-state index contributed by atoms with van der Waals surface area (Å²) in [5, 5.41) is 5.31. The summed E-state index contributed by atoms with van der Waals surface area (Å²) in [6.07, 6.45) is 2.30. The average molecular weight is 264 g/mol. The van der Waals surface area contributed by atoms with Gasteiger partial charge in [0, 0.05) is 6.42 Å². The van der Waals surface area contributed by atoms with Crippen molar-refractivity contribution in [2.75, 3.05) is 0 Å². The van der Waals surface area contributed by atoms with Crippen LogP contribution >= 0.6 is 0 Å². The third kappa shape index (κ3) is 1.39. The van der Waals surface area contributed by atoms with E-state index in [-0.39, 0.29) is 0 Å². The molecule has 5 rings (SSSR count). The van der Waals surface area contributed by atoms with Crippen molar-refractivity contribution in [3.63, 3.8) is 0 Å². The highest BCUT2D eigenvalue weighted by Crippen LogP contribution is 2.46. The van der Waals surface area contributed by atoms with Crippen molar-refractivity contribution < 1.29 is 0 Å². The summed E-state index contributed by atoms with van der Waals surface area (Å²) >= 11 is 0. The second-order valence-corrected chi connectivity index (χ2v) is 5.52. The molecule has 0 amide bonds. The number of hydrogen-bond acceptors (Lipinski definition) is 0. The third-order valence-electron chi connectivity index (χ3n) is 4.41. The topological polar surface area (TPSA) is 0 Å². The minimum atomic E-state index is 1.23. The highest BCUT2D eigenvalue weighted by molar-refractivity contribution is 6.18. The Morgan fingerprint density at radius 1 is 0.619 bits per heavy atom. The van der Waals surface area contributed by atoms with Crippen molar-refractivity contribution >= 4 is 21.5 Å². The zero-order valence-electron chi connectivity index (χ0n) is 11.4. The fraction of sp³-hybridized carbons (Fsp3) is 0. The first-order chi connectivity index (χ1) is 10.4. The van der Waals surface area contributed by atoms with Gasteiger partial charge in [0.2, 0.25) is 0 Å². The van der Waals surface area contributed by atoms with Crippen molar-refractivity contribution in [3.8, 4) is 11.1 Å². The first-order valence-electron chi connectivity index (χ1n) is 7.23. The molecule has 0 bridgehead atoms. The largest absolute Gasteiger partial charge is 0.0616 e. The Morgan fingerprint density at radius 3 is 2.10 bits per heavy atom. The first-order valence-corrected chi connectivity index (χ1v) is 7.23. The van der Waals surface area contributed by atoms with Crippen LogP contribution in [0, 0.1) is 12.5 Å². The van der Waals surface area contributed by atoms with Gasteiger partial charge in [-0.3, -0.25) is 0 Å². The maximum Gasteiger partial charge on any atom is 0.0218 e. The van der Waals surface area contributed by atoms with E-state index in [9.17, 15) is 0 Å². The summed E-state index contributed by atoms with van der Waals surface area (Å²) in [7, 11) is 0. The molecule has 21 heavy (non-hydrogen) atoms.